The quantitative estimate of drug-likeness (QED) is 0.547. The van der Waals surface area contributed by atoms with Crippen LogP contribution < -0.4 is 4.73 Å². The van der Waals surface area contributed by atoms with Gasteiger partial charge >= 0.3 is 5.03 Å². The van der Waals surface area contributed by atoms with E-state index in [1.165, 1.54) is 18.3 Å². The smallest absolute Gasteiger partial charge is 0.309 e. The Hall–Kier alpha value is -2.66. The summed E-state index contributed by atoms with van der Waals surface area (Å²) in [6.07, 6.45) is 1.19. The first-order chi connectivity index (χ1) is 11.1. The Morgan fingerprint density at radius 2 is 1.22 bits per heavy atom. The van der Waals surface area contributed by atoms with Gasteiger partial charge in [-0.25, -0.2) is 8.42 Å². The van der Waals surface area contributed by atoms with Gasteiger partial charge in [0.2, 0.25) is 9.84 Å². The molecule has 3 rings (SSSR count). The van der Waals surface area contributed by atoms with Gasteiger partial charge in [-0.1, -0.05) is 60.7 Å². The Morgan fingerprint density at radius 3 is 1.70 bits per heavy atom. The van der Waals surface area contributed by atoms with Gasteiger partial charge in [0.15, 0.2) is 6.20 Å². The number of sulfone groups is 1. The number of aromatic nitrogens is 1. The minimum absolute atomic E-state index is 0.252. The van der Waals surface area contributed by atoms with Crippen LogP contribution in [-0.4, -0.2) is 8.42 Å². The van der Waals surface area contributed by atoms with Crippen LogP contribution in [0.2, 0.25) is 0 Å². The summed E-state index contributed by atoms with van der Waals surface area (Å²) in [6.45, 7) is 0. The Labute approximate surface area is 135 Å². The molecule has 1 aromatic heterocycles. The van der Waals surface area contributed by atoms with E-state index in [-0.39, 0.29) is 5.03 Å². The number of pyridine rings is 1. The van der Waals surface area contributed by atoms with Crippen LogP contribution in [0.1, 0.15) is 16.4 Å². The van der Waals surface area contributed by atoms with E-state index in [4.69, 9.17) is 0 Å². The van der Waals surface area contributed by atoms with Crippen molar-refractivity contribution in [3.05, 3.63) is 101 Å². The van der Waals surface area contributed by atoms with E-state index in [2.05, 4.69) is 0 Å². The molecule has 0 bridgehead atoms. The van der Waals surface area contributed by atoms with Crippen LogP contribution in [0.25, 0.3) is 0 Å². The molecule has 3 aromatic rings. The monoisotopic (exact) mass is 325 g/mol. The van der Waals surface area contributed by atoms with E-state index in [1.54, 1.807) is 54.6 Å². The predicted octanol–water partition coefficient (Wildman–Crippen LogP) is 2.88. The van der Waals surface area contributed by atoms with Gasteiger partial charge in [-0.3, -0.25) is 0 Å². The fraction of sp³-hybridized carbons (Fsp3) is 0.0556. The third kappa shape index (κ3) is 2.96. The van der Waals surface area contributed by atoms with Crippen molar-refractivity contribution in [3.8, 4) is 0 Å². The Balaban J connectivity index is 2.22. The lowest BCUT2D eigenvalue weighted by Crippen LogP contribution is -2.35. The van der Waals surface area contributed by atoms with Crippen molar-refractivity contribution < 1.29 is 13.1 Å². The molecule has 1 heterocycles. The summed E-state index contributed by atoms with van der Waals surface area (Å²) >= 11 is 0. The molecule has 0 saturated heterocycles. The Kier molecular flexibility index (Phi) is 4.12. The molecule has 5 heteroatoms. The third-order valence-electron chi connectivity index (χ3n) is 3.60. The molecule has 0 saturated carbocycles. The van der Waals surface area contributed by atoms with E-state index in [0.717, 1.165) is 0 Å². The van der Waals surface area contributed by atoms with Crippen molar-refractivity contribution in [3.63, 3.8) is 0 Å². The molecule has 4 nitrogen and oxygen atoms in total. The van der Waals surface area contributed by atoms with Crippen LogP contribution in [0.3, 0.4) is 0 Å². The highest BCUT2D eigenvalue weighted by molar-refractivity contribution is 7.91. The maximum Gasteiger partial charge on any atom is 0.309 e. The summed E-state index contributed by atoms with van der Waals surface area (Å²) in [5.74, 6) is 0. The maximum atomic E-state index is 13.1. The standard InChI is InChI=1S/C18H15NO3S/c20-19-14-8-7-13-17(19)23(21,22)18(15-9-3-1-4-10-15)16-11-5-2-6-12-16/h1-14,18H. The van der Waals surface area contributed by atoms with Crippen LogP contribution in [0.15, 0.2) is 90.1 Å². The minimum atomic E-state index is -3.89. The van der Waals surface area contributed by atoms with Crippen molar-refractivity contribution in [1.82, 2.24) is 0 Å². The van der Waals surface area contributed by atoms with Crippen molar-refractivity contribution in [2.24, 2.45) is 0 Å². The zero-order chi connectivity index (χ0) is 16.3. The van der Waals surface area contributed by atoms with Crippen LogP contribution >= 0.6 is 0 Å². The average molecular weight is 325 g/mol. The lowest BCUT2D eigenvalue weighted by atomic mass is 10.0. The molecule has 116 valence electrons. The van der Waals surface area contributed by atoms with E-state index in [1.807, 2.05) is 12.1 Å². The highest BCUT2D eigenvalue weighted by atomic mass is 32.2. The highest BCUT2D eigenvalue weighted by Crippen LogP contribution is 2.33. The second-order valence-corrected chi connectivity index (χ2v) is 7.09. The molecule has 0 aliphatic carbocycles. The first kappa shape index (κ1) is 15.2. The fourth-order valence-electron chi connectivity index (χ4n) is 2.56. The molecule has 0 aliphatic rings. The van der Waals surface area contributed by atoms with Crippen LogP contribution in [0, 0.1) is 5.21 Å². The second-order valence-electron chi connectivity index (χ2n) is 5.11. The van der Waals surface area contributed by atoms with Crippen molar-refractivity contribution in [2.45, 2.75) is 10.3 Å². The number of benzene rings is 2. The van der Waals surface area contributed by atoms with Gasteiger partial charge in [-0.15, -0.1) is 0 Å². The molecule has 23 heavy (non-hydrogen) atoms. The topological polar surface area (TPSA) is 61.1 Å². The molecule has 0 N–H and O–H groups in total. The van der Waals surface area contributed by atoms with Crippen molar-refractivity contribution in [2.75, 3.05) is 0 Å². The average Bonchev–Trinajstić information content (AvgIpc) is 2.57. The van der Waals surface area contributed by atoms with Crippen molar-refractivity contribution in [1.29, 1.82) is 0 Å². The molecule has 0 atom stereocenters. The van der Waals surface area contributed by atoms with Crippen LogP contribution in [0.5, 0.6) is 0 Å². The summed E-state index contributed by atoms with van der Waals surface area (Å²) in [6, 6.07) is 22.2. The summed E-state index contributed by atoms with van der Waals surface area (Å²) in [5, 5.41) is 10.8. The summed E-state index contributed by atoms with van der Waals surface area (Å²) in [5.41, 5.74) is 1.25. The maximum absolute atomic E-state index is 13.1. The zero-order valence-electron chi connectivity index (χ0n) is 12.2. The van der Waals surface area contributed by atoms with Crippen LogP contribution in [0.4, 0.5) is 0 Å². The van der Waals surface area contributed by atoms with E-state index >= 15 is 0 Å². The predicted molar refractivity (Wildman–Crippen MR) is 87.3 cm³/mol. The first-order valence-electron chi connectivity index (χ1n) is 7.12. The van der Waals surface area contributed by atoms with E-state index < -0.39 is 15.1 Å². The zero-order valence-corrected chi connectivity index (χ0v) is 13.1. The Bertz CT molecular complexity index is 854. The largest absolute Gasteiger partial charge is 0.618 e. The van der Waals surface area contributed by atoms with Gasteiger partial charge in [-0.05, 0) is 17.2 Å². The highest BCUT2D eigenvalue weighted by Gasteiger charge is 2.35. The van der Waals surface area contributed by atoms with Gasteiger partial charge < -0.3 is 5.21 Å². The Morgan fingerprint density at radius 1 is 0.739 bits per heavy atom. The normalized spacial score (nSPS) is 11.5. The SMILES string of the molecule is O=S(=O)(c1cccc[n+]1[O-])C(c1ccccc1)c1ccccc1. The number of hydrogen-bond donors (Lipinski definition) is 0. The van der Waals surface area contributed by atoms with E-state index in [0.29, 0.717) is 15.9 Å². The summed E-state index contributed by atoms with van der Waals surface area (Å²) in [7, 11) is -3.89. The molecular weight excluding hydrogens is 310 g/mol. The molecular formula is C18H15NO3S. The number of nitrogens with zero attached hydrogens (tertiary/aromatic N) is 1. The molecule has 0 unspecified atom stereocenters. The molecule has 0 fully saturated rings. The van der Waals surface area contributed by atoms with Gasteiger partial charge in [0, 0.05) is 12.1 Å². The van der Waals surface area contributed by atoms with Gasteiger partial charge in [0.25, 0.3) is 0 Å². The minimum Gasteiger partial charge on any atom is -0.618 e. The van der Waals surface area contributed by atoms with Crippen molar-refractivity contribution >= 4 is 9.84 Å². The van der Waals surface area contributed by atoms with Gasteiger partial charge in [0.1, 0.15) is 5.25 Å². The molecule has 0 aliphatic heterocycles. The summed E-state index contributed by atoms with van der Waals surface area (Å²) < 4.78 is 26.7. The number of rotatable bonds is 4. The van der Waals surface area contributed by atoms with Crippen LogP contribution in [-0.2, 0) is 9.84 Å². The molecule has 0 spiro atoms. The lowest BCUT2D eigenvalue weighted by molar-refractivity contribution is -0.646. The summed E-state index contributed by atoms with van der Waals surface area (Å²) in [4.78, 5) is 0. The molecule has 0 amide bonds. The molecule has 0 radical (unpaired) electrons. The lowest BCUT2D eigenvalue weighted by Gasteiger charge is -2.17. The van der Waals surface area contributed by atoms with E-state index in [9.17, 15) is 13.6 Å². The van der Waals surface area contributed by atoms with Gasteiger partial charge in [-0.2, -0.15) is 4.73 Å². The second kappa shape index (κ2) is 6.22. The molecule has 2 aromatic carbocycles. The number of hydrogen-bond acceptors (Lipinski definition) is 3. The fourth-order valence-corrected chi connectivity index (χ4v) is 4.41. The van der Waals surface area contributed by atoms with Gasteiger partial charge in [0.05, 0.1) is 0 Å². The third-order valence-corrected chi connectivity index (χ3v) is 5.66. The first-order valence-corrected chi connectivity index (χ1v) is 8.67.